The Bertz CT molecular complexity index is 575. The summed E-state index contributed by atoms with van der Waals surface area (Å²) in [4.78, 5) is 1.02. The predicted octanol–water partition coefficient (Wildman–Crippen LogP) is 3.77. The second kappa shape index (κ2) is 6.72. The predicted molar refractivity (Wildman–Crippen MR) is 77.0 cm³/mol. The smallest absolute Gasteiger partial charge is 0.130 e. The fourth-order valence-corrected chi connectivity index (χ4v) is 2.63. The van der Waals surface area contributed by atoms with Crippen molar-refractivity contribution in [1.29, 1.82) is 0 Å². The minimum atomic E-state index is -0.604. The number of benzene rings is 2. The molecule has 2 aromatic carbocycles. The summed E-state index contributed by atoms with van der Waals surface area (Å²) in [6.45, 7) is 0. The van der Waals surface area contributed by atoms with Gasteiger partial charge in [0.05, 0.1) is 7.11 Å². The van der Waals surface area contributed by atoms with Crippen LogP contribution in [0, 0.1) is 11.6 Å². The molecule has 0 aliphatic carbocycles. The summed E-state index contributed by atoms with van der Waals surface area (Å²) in [5.41, 5.74) is 6.27. The van der Waals surface area contributed by atoms with Crippen LogP contribution in [0.2, 0.25) is 0 Å². The molecular weight excluding hydrogens is 280 g/mol. The first-order chi connectivity index (χ1) is 9.60. The van der Waals surface area contributed by atoms with E-state index in [1.807, 2.05) is 24.3 Å². The summed E-state index contributed by atoms with van der Waals surface area (Å²) in [7, 11) is 1.61. The van der Waals surface area contributed by atoms with Gasteiger partial charge < -0.3 is 10.5 Å². The standard InChI is InChI=1S/C15H15F2NOS/c1-19-11-3-5-12(6-4-11)20-9-15(18)13-7-2-10(16)8-14(13)17/h2-8,15H,9,18H2,1H3/t15-/m0/s1. The van der Waals surface area contributed by atoms with Gasteiger partial charge in [0.2, 0.25) is 0 Å². The van der Waals surface area contributed by atoms with E-state index in [9.17, 15) is 8.78 Å². The molecule has 0 aliphatic heterocycles. The molecule has 0 fully saturated rings. The summed E-state index contributed by atoms with van der Waals surface area (Å²) in [5, 5.41) is 0. The van der Waals surface area contributed by atoms with Crippen molar-refractivity contribution in [3.8, 4) is 5.75 Å². The summed E-state index contributed by atoms with van der Waals surface area (Å²) < 4.78 is 31.5. The lowest BCUT2D eigenvalue weighted by molar-refractivity contribution is 0.414. The van der Waals surface area contributed by atoms with Gasteiger partial charge in [-0.15, -0.1) is 11.8 Å². The van der Waals surface area contributed by atoms with Gasteiger partial charge in [-0.05, 0) is 30.3 Å². The third kappa shape index (κ3) is 3.71. The first-order valence-corrected chi connectivity index (χ1v) is 7.06. The van der Waals surface area contributed by atoms with Gasteiger partial charge in [0.15, 0.2) is 0 Å². The van der Waals surface area contributed by atoms with Gasteiger partial charge in [0, 0.05) is 28.3 Å². The average Bonchev–Trinajstić information content (AvgIpc) is 2.45. The highest BCUT2D eigenvalue weighted by Gasteiger charge is 2.12. The molecule has 0 amide bonds. The normalized spacial score (nSPS) is 12.2. The van der Waals surface area contributed by atoms with E-state index >= 15 is 0 Å². The van der Waals surface area contributed by atoms with Crippen LogP contribution in [-0.2, 0) is 0 Å². The molecule has 0 bridgehead atoms. The van der Waals surface area contributed by atoms with Crippen molar-refractivity contribution in [3.63, 3.8) is 0 Å². The maximum Gasteiger partial charge on any atom is 0.130 e. The number of ether oxygens (including phenoxy) is 1. The van der Waals surface area contributed by atoms with Crippen LogP contribution < -0.4 is 10.5 Å². The highest BCUT2D eigenvalue weighted by atomic mass is 32.2. The molecule has 0 saturated carbocycles. The zero-order valence-corrected chi connectivity index (χ0v) is 11.8. The van der Waals surface area contributed by atoms with Crippen molar-refractivity contribution in [3.05, 3.63) is 59.7 Å². The van der Waals surface area contributed by atoms with E-state index in [1.165, 1.54) is 23.9 Å². The van der Waals surface area contributed by atoms with Crippen molar-refractivity contribution in [2.24, 2.45) is 5.73 Å². The lowest BCUT2D eigenvalue weighted by Gasteiger charge is -2.13. The second-order valence-corrected chi connectivity index (χ2v) is 5.35. The third-order valence-corrected chi connectivity index (χ3v) is 3.98. The van der Waals surface area contributed by atoms with E-state index in [-0.39, 0.29) is 0 Å². The lowest BCUT2D eigenvalue weighted by Crippen LogP contribution is -2.14. The molecule has 2 rings (SSSR count). The topological polar surface area (TPSA) is 35.2 Å². The zero-order chi connectivity index (χ0) is 14.5. The molecule has 0 aromatic heterocycles. The number of rotatable bonds is 5. The molecule has 0 unspecified atom stereocenters. The maximum atomic E-state index is 13.6. The molecule has 106 valence electrons. The van der Waals surface area contributed by atoms with Crippen molar-refractivity contribution in [2.75, 3.05) is 12.9 Å². The highest BCUT2D eigenvalue weighted by molar-refractivity contribution is 7.99. The Balaban J connectivity index is 1.98. The monoisotopic (exact) mass is 295 g/mol. The van der Waals surface area contributed by atoms with Crippen molar-refractivity contribution in [1.82, 2.24) is 0 Å². The number of hydrogen-bond donors (Lipinski definition) is 1. The van der Waals surface area contributed by atoms with Crippen molar-refractivity contribution < 1.29 is 13.5 Å². The minimum absolute atomic E-state index is 0.326. The van der Waals surface area contributed by atoms with Crippen LogP contribution in [-0.4, -0.2) is 12.9 Å². The van der Waals surface area contributed by atoms with E-state index in [1.54, 1.807) is 7.11 Å². The van der Waals surface area contributed by atoms with Crippen molar-refractivity contribution >= 4 is 11.8 Å². The molecule has 0 radical (unpaired) electrons. The summed E-state index contributed by atoms with van der Waals surface area (Å²) in [6.07, 6.45) is 0. The van der Waals surface area contributed by atoms with E-state index in [0.29, 0.717) is 11.3 Å². The fraction of sp³-hybridized carbons (Fsp3) is 0.200. The quantitative estimate of drug-likeness (QED) is 0.853. The Morgan fingerprint density at radius 2 is 1.85 bits per heavy atom. The van der Waals surface area contributed by atoms with Crippen LogP contribution in [0.25, 0.3) is 0 Å². The summed E-state index contributed by atoms with van der Waals surface area (Å²) in [6, 6.07) is 10.5. The number of thioether (sulfide) groups is 1. The van der Waals surface area contributed by atoms with E-state index in [2.05, 4.69) is 0 Å². The van der Waals surface area contributed by atoms with Gasteiger partial charge in [-0.25, -0.2) is 8.78 Å². The molecule has 1 atom stereocenters. The first-order valence-electron chi connectivity index (χ1n) is 6.07. The Kier molecular flexibility index (Phi) is 4.98. The van der Waals surface area contributed by atoms with Gasteiger partial charge in [-0.1, -0.05) is 6.07 Å². The number of nitrogens with two attached hydrogens (primary N) is 1. The Morgan fingerprint density at radius 3 is 2.45 bits per heavy atom. The Morgan fingerprint density at radius 1 is 1.15 bits per heavy atom. The molecule has 20 heavy (non-hydrogen) atoms. The average molecular weight is 295 g/mol. The molecule has 5 heteroatoms. The molecule has 0 spiro atoms. The van der Waals surface area contributed by atoms with Gasteiger partial charge in [-0.2, -0.15) is 0 Å². The first kappa shape index (κ1) is 14.8. The zero-order valence-electron chi connectivity index (χ0n) is 11.0. The lowest BCUT2D eigenvalue weighted by atomic mass is 10.1. The molecule has 2 nitrogen and oxygen atoms in total. The van der Waals surface area contributed by atoms with Gasteiger partial charge in [0.25, 0.3) is 0 Å². The van der Waals surface area contributed by atoms with Crippen LogP contribution in [0.15, 0.2) is 47.4 Å². The van der Waals surface area contributed by atoms with E-state index < -0.39 is 17.7 Å². The van der Waals surface area contributed by atoms with Gasteiger partial charge in [0.1, 0.15) is 17.4 Å². The highest BCUT2D eigenvalue weighted by Crippen LogP contribution is 2.26. The molecule has 0 aliphatic rings. The molecule has 2 N–H and O–H groups in total. The number of hydrogen-bond acceptors (Lipinski definition) is 3. The minimum Gasteiger partial charge on any atom is -0.497 e. The SMILES string of the molecule is COc1ccc(SC[C@H](N)c2ccc(F)cc2F)cc1. The maximum absolute atomic E-state index is 13.6. The largest absolute Gasteiger partial charge is 0.497 e. The number of methoxy groups -OCH3 is 1. The summed E-state index contributed by atoms with van der Waals surface area (Å²) >= 11 is 1.51. The van der Waals surface area contributed by atoms with Crippen LogP contribution in [0.4, 0.5) is 8.78 Å². The van der Waals surface area contributed by atoms with E-state index in [4.69, 9.17) is 10.5 Å². The van der Waals surface area contributed by atoms with Crippen LogP contribution >= 0.6 is 11.8 Å². The molecule has 0 heterocycles. The Labute approximate surface area is 120 Å². The van der Waals surface area contributed by atoms with Gasteiger partial charge >= 0.3 is 0 Å². The molecular formula is C15H15F2NOS. The van der Waals surface area contributed by atoms with Gasteiger partial charge in [-0.3, -0.25) is 0 Å². The van der Waals surface area contributed by atoms with Crippen LogP contribution in [0.5, 0.6) is 5.75 Å². The van der Waals surface area contributed by atoms with Crippen molar-refractivity contribution in [2.45, 2.75) is 10.9 Å². The summed E-state index contributed by atoms with van der Waals surface area (Å²) in [5.74, 6) is 0.0897. The van der Waals surface area contributed by atoms with E-state index in [0.717, 1.165) is 16.7 Å². The fourth-order valence-electron chi connectivity index (χ4n) is 1.75. The number of halogens is 2. The molecule has 0 saturated heterocycles. The Hall–Kier alpha value is -1.59. The molecule has 2 aromatic rings. The van der Waals surface area contributed by atoms with Crippen LogP contribution in [0.1, 0.15) is 11.6 Å². The third-order valence-electron chi connectivity index (χ3n) is 2.85. The van der Waals surface area contributed by atoms with Crippen LogP contribution in [0.3, 0.4) is 0 Å². The second-order valence-electron chi connectivity index (χ2n) is 4.26.